The number of halogens is 1. The smallest absolute Gasteiger partial charge is 0.230 e. The normalized spacial score (nSPS) is 16.6. The molecule has 4 heteroatoms. The fourth-order valence-corrected chi connectivity index (χ4v) is 3.56. The van der Waals surface area contributed by atoms with Gasteiger partial charge in [0.1, 0.15) is 5.82 Å². The van der Waals surface area contributed by atoms with Gasteiger partial charge in [-0.15, -0.1) is 0 Å². The summed E-state index contributed by atoms with van der Waals surface area (Å²) in [7, 11) is 0. The van der Waals surface area contributed by atoms with E-state index in [1.165, 1.54) is 17.7 Å². The molecule has 0 radical (unpaired) electrons. The zero-order chi connectivity index (χ0) is 16.9. The summed E-state index contributed by atoms with van der Waals surface area (Å²) in [6.45, 7) is 6.15. The molecule has 1 amide bonds. The van der Waals surface area contributed by atoms with E-state index >= 15 is 0 Å². The van der Waals surface area contributed by atoms with Gasteiger partial charge in [-0.25, -0.2) is 4.39 Å². The first kappa shape index (κ1) is 17.9. The summed E-state index contributed by atoms with van der Waals surface area (Å²) in [5.41, 5.74) is 6.69. The van der Waals surface area contributed by atoms with Gasteiger partial charge in [-0.1, -0.05) is 26.0 Å². The third-order valence-electron chi connectivity index (χ3n) is 5.54. The summed E-state index contributed by atoms with van der Waals surface area (Å²) in [4.78, 5) is 14.8. The number of hydrogen-bond donors (Lipinski definition) is 1. The van der Waals surface area contributed by atoms with Crippen molar-refractivity contribution in [3.63, 3.8) is 0 Å². The summed E-state index contributed by atoms with van der Waals surface area (Å²) in [6, 6.07) is 6.76. The fourth-order valence-electron chi connectivity index (χ4n) is 3.56. The van der Waals surface area contributed by atoms with Gasteiger partial charge in [0.15, 0.2) is 0 Å². The number of carbonyl (C=O) groups excluding carboxylic acids is 1. The van der Waals surface area contributed by atoms with Gasteiger partial charge in [0.25, 0.3) is 0 Å². The average molecular weight is 320 g/mol. The molecule has 1 aromatic rings. The maximum atomic E-state index is 13.0. The topological polar surface area (TPSA) is 46.3 Å². The Bertz CT molecular complexity index is 494. The molecule has 0 aliphatic carbocycles. The second-order valence-corrected chi connectivity index (χ2v) is 6.76. The number of likely N-dealkylation sites (tertiary alicyclic amines) is 1. The Labute approximate surface area is 139 Å². The molecule has 0 atom stereocenters. The van der Waals surface area contributed by atoms with E-state index in [1.807, 2.05) is 17.0 Å². The Morgan fingerprint density at radius 2 is 1.78 bits per heavy atom. The van der Waals surface area contributed by atoms with Crippen molar-refractivity contribution >= 4 is 5.91 Å². The lowest BCUT2D eigenvalue weighted by molar-refractivity contribution is -0.143. The second kappa shape index (κ2) is 7.91. The number of benzene rings is 1. The molecular weight excluding hydrogens is 291 g/mol. The van der Waals surface area contributed by atoms with Crippen LogP contribution in [0.1, 0.15) is 45.1 Å². The van der Waals surface area contributed by atoms with E-state index in [-0.39, 0.29) is 17.1 Å². The van der Waals surface area contributed by atoms with Crippen LogP contribution in [0.3, 0.4) is 0 Å². The van der Waals surface area contributed by atoms with Crippen molar-refractivity contribution < 1.29 is 9.18 Å². The Morgan fingerprint density at radius 3 is 2.26 bits per heavy atom. The van der Waals surface area contributed by atoms with Crippen LogP contribution in [-0.2, 0) is 11.2 Å². The Kier molecular flexibility index (Phi) is 6.17. The summed E-state index contributed by atoms with van der Waals surface area (Å²) in [5, 5.41) is 0. The Morgan fingerprint density at radius 1 is 1.22 bits per heavy atom. The van der Waals surface area contributed by atoms with Crippen LogP contribution in [-0.4, -0.2) is 30.4 Å². The minimum absolute atomic E-state index is 0.188. The highest BCUT2D eigenvalue weighted by Gasteiger charge is 2.37. The number of hydrogen-bond acceptors (Lipinski definition) is 2. The molecule has 128 valence electrons. The van der Waals surface area contributed by atoms with Gasteiger partial charge in [0.05, 0.1) is 5.41 Å². The first-order chi connectivity index (χ1) is 11.0. The van der Waals surface area contributed by atoms with Crippen LogP contribution in [0.15, 0.2) is 24.3 Å². The fraction of sp³-hybridized carbons (Fsp3) is 0.632. The second-order valence-electron chi connectivity index (χ2n) is 6.76. The van der Waals surface area contributed by atoms with Crippen LogP contribution in [0.5, 0.6) is 0 Å². The van der Waals surface area contributed by atoms with E-state index < -0.39 is 0 Å². The van der Waals surface area contributed by atoms with E-state index in [1.54, 1.807) is 0 Å². The van der Waals surface area contributed by atoms with Crippen LogP contribution >= 0.6 is 0 Å². The van der Waals surface area contributed by atoms with Crippen molar-refractivity contribution in [2.45, 2.75) is 46.0 Å². The molecule has 23 heavy (non-hydrogen) atoms. The van der Waals surface area contributed by atoms with Crippen LogP contribution in [0.2, 0.25) is 0 Å². The predicted molar refractivity (Wildman–Crippen MR) is 91.5 cm³/mol. The molecule has 2 N–H and O–H groups in total. The third-order valence-corrected chi connectivity index (χ3v) is 5.54. The van der Waals surface area contributed by atoms with Crippen LogP contribution < -0.4 is 5.73 Å². The van der Waals surface area contributed by atoms with Crippen molar-refractivity contribution in [3.8, 4) is 0 Å². The maximum absolute atomic E-state index is 13.0. The summed E-state index contributed by atoms with van der Waals surface area (Å²) in [5.74, 6) is 0.608. The van der Waals surface area contributed by atoms with Crippen molar-refractivity contribution in [2.75, 3.05) is 19.6 Å². The molecule has 1 aromatic carbocycles. The van der Waals surface area contributed by atoms with Gasteiger partial charge in [-0.05, 0) is 55.7 Å². The van der Waals surface area contributed by atoms with Gasteiger partial charge in [0.2, 0.25) is 5.91 Å². The Hall–Kier alpha value is -1.42. The number of rotatable bonds is 6. The number of nitrogens with two attached hydrogens (primary N) is 1. The lowest BCUT2D eigenvalue weighted by Gasteiger charge is -2.39. The lowest BCUT2D eigenvalue weighted by Crippen LogP contribution is -2.50. The maximum Gasteiger partial charge on any atom is 0.230 e. The molecule has 1 aliphatic heterocycles. The first-order valence-corrected chi connectivity index (χ1v) is 8.78. The molecule has 0 spiro atoms. The molecule has 0 bridgehead atoms. The van der Waals surface area contributed by atoms with E-state index in [4.69, 9.17) is 5.73 Å². The highest BCUT2D eigenvalue weighted by Crippen LogP contribution is 2.30. The van der Waals surface area contributed by atoms with E-state index in [9.17, 15) is 9.18 Å². The van der Waals surface area contributed by atoms with Gasteiger partial charge >= 0.3 is 0 Å². The molecule has 1 heterocycles. The molecule has 1 saturated heterocycles. The number of amides is 1. The van der Waals surface area contributed by atoms with Crippen molar-refractivity contribution in [2.24, 2.45) is 17.1 Å². The molecule has 0 unspecified atom stereocenters. The number of carbonyl (C=O) groups is 1. The van der Waals surface area contributed by atoms with E-state index in [0.29, 0.717) is 12.5 Å². The highest BCUT2D eigenvalue weighted by atomic mass is 19.1. The standard InChI is InChI=1S/C19H29FN2O/c1-3-19(4-2,14-21)18(23)22-11-9-16(10-12-22)13-15-5-7-17(20)8-6-15/h5-8,16H,3-4,9-14,21H2,1-2H3. The third kappa shape index (κ3) is 4.11. The zero-order valence-corrected chi connectivity index (χ0v) is 14.4. The molecule has 3 nitrogen and oxygen atoms in total. The first-order valence-electron chi connectivity index (χ1n) is 8.78. The molecule has 1 fully saturated rings. The molecule has 2 rings (SSSR count). The van der Waals surface area contributed by atoms with Crippen molar-refractivity contribution in [1.82, 2.24) is 4.90 Å². The summed E-state index contributed by atoms with van der Waals surface area (Å²) < 4.78 is 13.0. The highest BCUT2D eigenvalue weighted by molar-refractivity contribution is 5.83. The van der Waals surface area contributed by atoms with Gasteiger partial charge in [0, 0.05) is 19.6 Å². The van der Waals surface area contributed by atoms with Crippen molar-refractivity contribution in [3.05, 3.63) is 35.6 Å². The quantitative estimate of drug-likeness (QED) is 0.873. The number of piperidine rings is 1. The molecule has 0 saturated carbocycles. The SMILES string of the molecule is CCC(CC)(CN)C(=O)N1CCC(Cc2ccc(F)cc2)CC1. The molecule has 0 aromatic heterocycles. The minimum atomic E-state index is -0.385. The van der Waals surface area contributed by atoms with Crippen LogP contribution in [0, 0.1) is 17.2 Å². The van der Waals surface area contributed by atoms with E-state index in [2.05, 4.69) is 13.8 Å². The lowest BCUT2D eigenvalue weighted by atomic mass is 9.80. The van der Waals surface area contributed by atoms with Gasteiger partial charge in [-0.2, -0.15) is 0 Å². The van der Waals surface area contributed by atoms with Crippen LogP contribution in [0.4, 0.5) is 4.39 Å². The number of nitrogens with zero attached hydrogens (tertiary/aromatic N) is 1. The van der Waals surface area contributed by atoms with E-state index in [0.717, 1.165) is 45.2 Å². The van der Waals surface area contributed by atoms with Crippen molar-refractivity contribution in [1.29, 1.82) is 0 Å². The summed E-state index contributed by atoms with van der Waals surface area (Å²) >= 11 is 0. The van der Waals surface area contributed by atoms with Gasteiger partial charge < -0.3 is 10.6 Å². The molecule has 1 aliphatic rings. The Balaban J connectivity index is 1.90. The average Bonchev–Trinajstić information content (AvgIpc) is 2.59. The molecular formula is C19H29FN2O. The largest absolute Gasteiger partial charge is 0.342 e. The monoisotopic (exact) mass is 320 g/mol. The zero-order valence-electron chi connectivity index (χ0n) is 14.4. The van der Waals surface area contributed by atoms with Crippen LogP contribution in [0.25, 0.3) is 0 Å². The predicted octanol–water partition coefficient (Wildman–Crippen LogP) is 3.37. The van der Waals surface area contributed by atoms with Gasteiger partial charge in [-0.3, -0.25) is 4.79 Å². The minimum Gasteiger partial charge on any atom is -0.342 e. The summed E-state index contributed by atoms with van der Waals surface area (Å²) in [6.07, 6.45) is 4.59.